The van der Waals surface area contributed by atoms with Crippen LogP contribution in [-0.4, -0.2) is 31.7 Å². The minimum Gasteiger partial charge on any atom is -0.493 e. The minimum atomic E-state index is -1.06. The highest BCUT2D eigenvalue weighted by molar-refractivity contribution is 5.96. The SMILES string of the molecule is C=CCOc1ccc(/C=C/C(=O)O[C@@H](C)C(=O)Nc2ccc(C)c(F)c2)cc1OC. The lowest BCUT2D eigenvalue weighted by Crippen LogP contribution is -2.29. The van der Waals surface area contributed by atoms with Gasteiger partial charge >= 0.3 is 5.97 Å². The van der Waals surface area contributed by atoms with Crippen LogP contribution < -0.4 is 14.8 Å². The molecule has 7 heteroatoms. The molecule has 1 amide bonds. The second-order valence-corrected chi connectivity index (χ2v) is 6.38. The van der Waals surface area contributed by atoms with E-state index in [2.05, 4.69) is 11.9 Å². The first kappa shape index (κ1) is 22.7. The Morgan fingerprint density at radius 2 is 1.97 bits per heavy atom. The molecule has 30 heavy (non-hydrogen) atoms. The first-order valence-electron chi connectivity index (χ1n) is 9.21. The second-order valence-electron chi connectivity index (χ2n) is 6.38. The Morgan fingerprint density at radius 3 is 2.63 bits per heavy atom. The normalized spacial score (nSPS) is 11.6. The maximum atomic E-state index is 13.6. The standard InChI is InChI=1S/C23H24FNO5/c1-5-12-29-20-10-7-17(13-21(20)28-4)8-11-22(26)30-16(3)23(27)25-18-9-6-15(2)19(24)14-18/h5-11,13-14,16H,1,12H2,2-4H3,(H,25,27)/b11-8+/t16-/m0/s1. The zero-order chi connectivity index (χ0) is 22.1. The number of hydrogen-bond donors (Lipinski definition) is 1. The topological polar surface area (TPSA) is 73.9 Å². The number of aryl methyl sites for hydroxylation is 1. The van der Waals surface area contributed by atoms with Crippen LogP contribution in [0.25, 0.3) is 6.08 Å². The average Bonchev–Trinajstić information content (AvgIpc) is 2.73. The lowest BCUT2D eigenvalue weighted by Gasteiger charge is -2.13. The van der Waals surface area contributed by atoms with Crippen molar-refractivity contribution in [3.63, 3.8) is 0 Å². The number of carbonyl (C=O) groups excluding carboxylic acids is 2. The summed E-state index contributed by atoms with van der Waals surface area (Å²) in [5, 5.41) is 2.51. The first-order chi connectivity index (χ1) is 14.3. The molecule has 0 bridgehead atoms. The molecule has 0 saturated carbocycles. The van der Waals surface area contributed by atoms with Gasteiger partial charge in [0.2, 0.25) is 0 Å². The van der Waals surface area contributed by atoms with Crippen molar-refractivity contribution < 1.29 is 28.2 Å². The summed E-state index contributed by atoms with van der Waals surface area (Å²) in [4.78, 5) is 24.2. The Labute approximate surface area is 175 Å². The Bertz CT molecular complexity index is 955. The van der Waals surface area contributed by atoms with Gasteiger partial charge in [-0.05, 0) is 55.3 Å². The van der Waals surface area contributed by atoms with Gasteiger partial charge in [0.05, 0.1) is 7.11 Å². The third-order valence-corrected chi connectivity index (χ3v) is 4.06. The number of methoxy groups -OCH3 is 1. The maximum Gasteiger partial charge on any atom is 0.331 e. The highest BCUT2D eigenvalue weighted by Gasteiger charge is 2.17. The number of ether oxygens (including phenoxy) is 3. The lowest BCUT2D eigenvalue weighted by atomic mass is 10.2. The summed E-state index contributed by atoms with van der Waals surface area (Å²) >= 11 is 0. The summed E-state index contributed by atoms with van der Waals surface area (Å²) in [5.74, 6) is -0.638. The predicted molar refractivity (Wildman–Crippen MR) is 113 cm³/mol. The number of amides is 1. The van der Waals surface area contributed by atoms with E-state index in [0.717, 1.165) is 0 Å². The van der Waals surface area contributed by atoms with E-state index in [1.54, 1.807) is 43.3 Å². The predicted octanol–water partition coefficient (Wildman–Crippen LogP) is 4.29. The monoisotopic (exact) mass is 413 g/mol. The average molecular weight is 413 g/mol. The zero-order valence-corrected chi connectivity index (χ0v) is 17.1. The lowest BCUT2D eigenvalue weighted by molar-refractivity contribution is -0.148. The summed E-state index contributed by atoms with van der Waals surface area (Å²) in [7, 11) is 1.51. The van der Waals surface area contributed by atoms with E-state index in [9.17, 15) is 14.0 Å². The molecule has 0 unspecified atom stereocenters. The highest BCUT2D eigenvalue weighted by atomic mass is 19.1. The van der Waals surface area contributed by atoms with Crippen LogP contribution in [-0.2, 0) is 14.3 Å². The van der Waals surface area contributed by atoms with Gasteiger partial charge in [-0.15, -0.1) is 0 Å². The molecule has 0 aliphatic rings. The third kappa shape index (κ3) is 6.48. The van der Waals surface area contributed by atoms with Gasteiger partial charge in [-0.2, -0.15) is 0 Å². The van der Waals surface area contributed by atoms with E-state index in [1.165, 1.54) is 32.3 Å². The number of rotatable bonds is 9. The van der Waals surface area contributed by atoms with Crippen LogP contribution in [0, 0.1) is 12.7 Å². The number of benzene rings is 2. The molecule has 0 aliphatic heterocycles. The fourth-order valence-electron chi connectivity index (χ4n) is 2.40. The quantitative estimate of drug-likeness (QED) is 0.377. The Hall–Kier alpha value is -3.61. The van der Waals surface area contributed by atoms with Gasteiger partial charge in [0.15, 0.2) is 17.6 Å². The Morgan fingerprint density at radius 1 is 1.20 bits per heavy atom. The van der Waals surface area contributed by atoms with E-state index in [-0.39, 0.29) is 5.69 Å². The van der Waals surface area contributed by atoms with Crippen molar-refractivity contribution in [1.82, 2.24) is 0 Å². The van der Waals surface area contributed by atoms with Crippen LogP contribution in [0.4, 0.5) is 10.1 Å². The maximum absolute atomic E-state index is 13.6. The van der Waals surface area contributed by atoms with Crippen molar-refractivity contribution in [3.05, 3.63) is 72.1 Å². The molecule has 2 aromatic carbocycles. The molecule has 0 radical (unpaired) electrons. The summed E-state index contributed by atoms with van der Waals surface area (Å²) < 4.78 is 29.4. The molecule has 158 valence electrons. The number of esters is 1. The largest absolute Gasteiger partial charge is 0.493 e. The smallest absolute Gasteiger partial charge is 0.331 e. The molecule has 2 rings (SSSR count). The second kappa shape index (κ2) is 10.8. The zero-order valence-electron chi connectivity index (χ0n) is 17.1. The third-order valence-electron chi connectivity index (χ3n) is 4.06. The molecule has 0 spiro atoms. The minimum absolute atomic E-state index is 0.285. The molecule has 2 aromatic rings. The summed E-state index contributed by atoms with van der Waals surface area (Å²) in [6, 6.07) is 9.48. The molecule has 0 aliphatic carbocycles. The summed E-state index contributed by atoms with van der Waals surface area (Å²) in [6.45, 7) is 6.98. The molecule has 0 aromatic heterocycles. The van der Waals surface area contributed by atoms with Crippen molar-refractivity contribution in [3.8, 4) is 11.5 Å². The van der Waals surface area contributed by atoms with Crippen molar-refractivity contribution in [1.29, 1.82) is 0 Å². The molecule has 0 saturated heterocycles. The number of anilines is 1. The van der Waals surface area contributed by atoms with E-state index in [1.807, 2.05) is 0 Å². The van der Waals surface area contributed by atoms with E-state index in [0.29, 0.717) is 29.2 Å². The Balaban J connectivity index is 1.95. The number of carbonyl (C=O) groups is 2. The number of nitrogens with one attached hydrogen (secondary N) is 1. The van der Waals surface area contributed by atoms with E-state index < -0.39 is 23.8 Å². The van der Waals surface area contributed by atoms with Crippen molar-refractivity contribution in [2.75, 3.05) is 19.0 Å². The van der Waals surface area contributed by atoms with E-state index >= 15 is 0 Å². The van der Waals surface area contributed by atoms with Gasteiger partial charge in [0.25, 0.3) is 5.91 Å². The van der Waals surface area contributed by atoms with Gasteiger partial charge in [0, 0.05) is 11.8 Å². The Kier molecular flexibility index (Phi) is 8.17. The van der Waals surface area contributed by atoms with Crippen LogP contribution in [0.3, 0.4) is 0 Å². The summed E-state index contributed by atoms with van der Waals surface area (Å²) in [6.07, 6.45) is 3.29. The van der Waals surface area contributed by atoms with Crippen LogP contribution in [0.2, 0.25) is 0 Å². The highest BCUT2D eigenvalue weighted by Crippen LogP contribution is 2.28. The molecule has 1 atom stereocenters. The van der Waals surface area contributed by atoms with Gasteiger partial charge in [-0.25, -0.2) is 9.18 Å². The van der Waals surface area contributed by atoms with Gasteiger partial charge < -0.3 is 19.5 Å². The molecule has 0 fully saturated rings. The first-order valence-corrected chi connectivity index (χ1v) is 9.21. The molecular formula is C23H24FNO5. The fourth-order valence-corrected chi connectivity index (χ4v) is 2.40. The van der Waals surface area contributed by atoms with Crippen LogP contribution in [0.1, 0.15) is 18.1 Å². The van der Waals surface area contributed by atoms with Crippen molar-refractivity contribution in [2.24, 2.45) is 0 Å². The number of hydrogen-bond acceptors (Lipinski definition) is 5. The van der Waals surface area contributed by atoms with Crippen LogP contribution in [0.15, 0.2) is 55.1 Å². The molecule has 0 heterocycles. The van der Waals surface area contributed by atoms with Crippen LogP contribution in [0.5, 0.6) is 11.5 Å². The van der Waals surface area contributed by atoms with Gasteiger partial charge in [-0.3, -0.25) is 4.79 Å². The van der Waals surface area contributed by atoms with Gasteiger partial charge in [-0.1, -0.05) is 24.8 Å². The van der Waals surface area contributed by atoms with E-state index in [4.69, 9.17) is 14.2 Å². The van der Waals surface area contributed by atoms with Crippen LogP contribution >= 0.6 is 0 Å². The molecule has 1 N–H and O–H groups in total. The number of halogens is 1. The fraction of sp³-hybridized carbons (Fsp3) is 0.217. The van der Waals surface area contributed by atoms with Gasteiger partial charge in [0.1, 0.15) is 12.4 Å². The van der Waals surface area contributed by atoms with Crippen molar-refractivity contribution in [2.45, 2.75) is 20.0 Å². The summed E-state index contributed by atoms with van der Waals surface area (Å²) in [5.41, 5.74) is 1.43. The molecular weight excluding hydrogens is 389 g/mol. The van der Waals surface area contributed by atoms with Crippen molar-refractivity contribution >= 4 is 23.6 Å². The molecule has 6 nitrogen and oxygen atoms in total.